The number of aromatic nitrogens is 2. The Morgan fingerprint density at radius 1 is 1.14 bits per heavy atom. The molecule has 2 aromatic rings. The van der Waals surface area contributed by atoms with Crippen molar-refractivity contribution in [3.63, 3.8) is 0 Å². The maximum Gasteiger partial charge on any atom is 0.159 e. The summed E-state index contributed by atoms with van der Waals surface area (Å²) in [6.07, 6.45) is 2.60. The summed E-state index contributed by atoms with van der Waals surface area (Å²) < 4.78 is 0. The zero-order chi connectivity index (χ0) is 15.2. The molecule has 0 aliphatic heterocycles. The molecule has 0 unspecified atom stereocenters. The van der Waals surface area contributed by atoms with Gasteiger partial charge < -0.3 is 16.4 Å². The van der Waals surface area contributed by atoms with Gasteiger partial charge in [0.2, 0.25) is 0 Å². The van der Waals surface area contributed by atoms with Gasteiger partial charge in [-0.15, -0.1) is 0 Å². The van der Waals surface area contributed by atoms with E-state index in [9.17, 15) is 0 Å². The predicted molar refractivity (Wildman–Crippen MR) is 88.9 cm³/mol. The number of nitrogens with two attached hydrogens (primary N) is 1. The van der Waals surface area contributed by atoms with Crippen LogP contribution in [0.2, 0.25) is 0 Å². The number of hydrogen-bond donors (Lipinski definition) is 3. The third kappa shape index (κ3) is 4.08. The first-order valence-corrected chi connectivity index (χ1v) is 7.25. The molecule has 0 fully saturated rings. The Morgan fingerprint density at radius 2 is 1.86 bits per heavy atom. The zero-order valence-corrected chi connectivity index (χ0v) is 12.9. The maximum absolute atomic E-state index is 6.15. The summed E-state index contributed by atoms with van der Waals surface area (Å²) in [4.78, 5) is 8.44. The average molecular weight is 285 g/mol. The largest absolute Gasteiger partial charge is 0.393 e. The second-order valence-corrected chi connectivity index (χ2v) is 5.53. The summed E-state index contributed by atoms with van der Waals surface area (Å²) in [6.45, 7) is 7.27. The lowest BCUT2D eigenvalue weighted by atomic mass is 10.1. The van der Waals surface area contributed by atoms with Crippen molar-refractivity contribution in [2.45, 2.75) is 27.2 Å². The van der Waals surface area contributed by atoms with Gasteiger partial charge in [-0.25, -0.2) is 9.97 Å². The van der Waals surface area contributed by atoms with Crippen LogP contribution >= 0.6 is 0 Å². The SMILES string of the molecule is Cc1ccccc1Nc1ncnc(NCCC(C)C)c1N. The van der Waals surface area contributed by atoms with E-state index < -0.39 is 0 Å². The molecule has 5 heteroatoms. The van der Waals surface area contributed by atoms with E-state index in [4.69, 9.17) is 5.73 Å². The fourth-order valence-electron chi connectivity index (χ4n) is 1.96. The van der Waals surface area contributed by atoms with Crippen LogP contribution in [0.3, 0.4) is 0 Å². The van der Waals surface area contributed by atoms with Gasteiger partial charge in [0, 0.05) is 12.2 Å². The highest BCUT2D eigenvalue weighted by atomic mass is 15.1. The number of aryl methyl sites for hydroxylation is 1. The first-order valence-electron chi connectivity index (χ1n) is 7.25. The van der Waals surface area contributed by atoms with Crippen LogP contribution in [0.15, 0.2) is 30.6 Å². The van der Waals surface area contributed by atoms with E-state index in [0.29, 0.717) is 23.2 Å². The monoisotopic (exact) mass is 285 g/mol. The average Bonchev–Trinajstić information content (AvgIpc) is 2.45. The third-order valence-corrected chi connectivity index (χ3v) is 3.30. The zero-order valence-electron chi connectivity index (χ0n) is 12.9. The molecule has 1 aromatic heterocycles. The predicted octanol–water partition coefficient (Wildman–Crippen LogP) is 3.57. The number of para-hydroxylation sites is 1. The fourth-order valence-corrected chi connectivity index (χ4v) is 1.96. The van der Waals surface area contributed by atoms with Crippen molar-refractivity contribution in [2.75, 3.05) is 22.9 Å². The Morgan fingerprint density at radius 3 is 2.57 bits per heavy atom. The molecule has 0 radical (unpaired) electrons. The highest BCUT2D eigenvalue weighted by Crippen LogP contribution is 2.27. The number of nitrogens with one attached hydrogen (secondary N) is 2. The van der Waals surface area contributed by atoms with E-state index in [0.717, 1.165) is 24.2 Å². The van der Waals surface area contributed by atoms with E-state index in [1.54, 1.807) is 0 Å². The standard InChI is InChI=1S/C16H23N5/c1-11(2)8-9-18-15-14(17)16(20-10-19-15)21-13-7-5-4-6-12(13)3/h4-7,10-11H,8-9,17H2,1-3H3,(H2,18,19,20,21). The Hall–Kier alpha value is -2.30. The topological polar surface area (TPSA) is 75.9 Å². The number of rotatable bonds is 6. The van der Waals surface area contributed by atoms with Crippen LogP contribution in [0, 0.1) is 12.8 Å². The normalized spacial score (nSPS) is 10.7. The van der Waals surface area contributed by atoms with Crippen molar-refractivity contribution < 1.29 is 0 Å². The van der Waals surface area contributed by atoms with Crippen LogP contribution < -0.4 is 16.4 Å². The number of hydrogen-bond acceptors (Lipinski definition) is 5. The summed E-state index contributed by atoms with van der Waals surface area (Å²) in [5, 5.41) is 6.53. The molecule has 0 amide bonds. The molecule has 0 aliphatic rings. The lowest BCUT2D eigenvalue weighted by Crippen LogP contribution is -2.10. The van der Waals surface area contributed by atoms with Crippen molar-refractivity contribution in [3.8, 4) is 0 Å². The van der Waals surface area contributed by atoms with E-state index in [1.165, 1.54) is 6.33 Å². The molecule has 1 heterocycles. The molecule has 2 rings (SSSR count). The van der Waals surface area contributed by atoms with Crippen LogP contribution in [0.1, 0.15) is 25.8 Å². The minimum atomic E-state index is 0.546. The maximum atomic E-state index is 6.15. The minimum Gasteiger partial charge on any atom is -0.393 e. The smallest absolute Gasteiger partial charge is 0.159 e. The molecule has 112 valence electrons. The van der Waals surface area contributed by atoms with Gasteiger partial charge >= 0.3 is 0 Å². The Labute approximate surface area is 126 Å². The molecule has 0 saturated carbocycles. The lowest BCUT2D eigenvalue weighted by molar-refractivity contribution is 0.606. The Balaban J connectivity index is 2.12. The first kappa shape index (κ1) is 15.1. The molecule has 0 bridgehead atoms. The number of nitrogen functional groups attached to an aromatic ring is 1. The van der Waals surface area contributed by atoms with Crippen LogP contribution in [-0.4, -0.2) is 16.5 Å². The summed E-state index contributed by atoms with van der Waals surface area (Å²) in [5.41, 5.74) is 8.83. The number of nitrogens with zero attached hydrogens (tertiary/aromatic N) is 2. The van der Waals surface area contributed by atoms with Gasteiger partial charge in [-0.2, -0.15) is 0 Å². The van der Waals surface area contributed by atoms with Gasteiger partial charge in [-0.3, -0.25) is 0 Å². The van der Waals surface area contributed by atoms with Crippen LogP contribution in [-0.2, 0) is 0 Å². The molecule has 21 heavy (non-hydrogen) atoms. The summed E-state index contributed by atoms with van der Waals surface area (Å²) >= 11 is 0. The van der Waals surface area contributed by atoms with E-state index in [1.807, 2.05) is 31.2 Å². The Kier molecular flexibility index (Phi) is 4.98. The van der Waals surface area contributed by atoms with Crippen molar-refractivity contribution in [3.05, 3.63) is 36.2 Å². The van der Waals surface area contributed by atoms with Crippen LogP contribution in [0.5, 0.6) is 0 Å². The lowest BCUT2D eigenvalue weighted by Gasteiger charge is -2.14. The van der Waals surface area contributed by atoms with Crippen LogP contribution in [0.25, 0.3) is 0 Å². The van der Waals surface area contributed by atoms with Crippen molar-refractivity contribution in [1.29, 1.82) is 0 Å². The molecule has 0 spiro atoms. The summed E-state index contributed by atoms with van der Waals surface area (Å²) in [5.74, 6) is 1.96. The second kappa shape index (κ2) is 6.92. The molecular formula is C16H23N5. The van der Waals surface area contributed by atoms with E-state index in [2.05, 4.69) is 34.4 Å². The van der Waals surface area contributed by atoms with Crippen molar-refractivity contribution in [2.24, 2.45) is 5.92 Å². The van der Waals surface area contributed by atoms with Gasteiger partial charge in [0.15, 0.2) is 11.6 Å². The van der Waals surface area contributed by atoms with Crippen LogP contribution in [0.4, 0.5) is 23.0 Å². The second-order valence-electron chi connectivity index (χ2n) is 5.53. The fraction of sp³-hybridized carbons (Fsp3) is 0.375. The molecular weight excluding hydrogens is 262 g/mol. The van der Waals surface area contributed by atoms with Crippen molar-refractivity contribution >= 4 is 23.0 Å². The van der Waals surface area contributed by atoms with Gasteiger partial charge in [0.05, 0.1) is 0 Å². The molecule has 5 nitrogen and oxygen atoms in total. The quantitative estimate of drug-likeness (QED) is 0.756. The molecule has 0 aliphatic carbocycles. The summed E-state index contributed by atoms with van der Waals surface area (Å²) in [6, 6.07) is 8.03. The Bertz CT molecular complexity index is 595. The van der Waals surface area contributed by atoms with E-state index >= 15 is 0 Å². The summed E-state index contributed by atoms with van der Waals surface area (Å²) in [7, 11) is 0. The van der Waals surface area contributed by atoms with E-state index in [-0.39, 0.29) is 0 Å². The molecule has 4 N–H and O–H groups in total. The highest BCUT2D eigenvalue weighted by molar-refractivity contribution is 5.78. The van der Waals surface area contributed by atoms with Gasteiger partial charge in [-0.05, 0) is 30.9 Å². The highest BCUT2D eigenvalue weighted by Gasteiger charge is 2.09. The first-order chi connectivity index (χ1) is 10.1. The van der Waals surface area contributed by atoms with Gasteiger partial charge in [0.25, 0.3) is 0 Å². The molecule has 0 saturated heterocycles. The molecule has 1 aromatic carbocycles. The minimum absolute atomic E-state index is 0.546. The van der Waals surface area contributed by atoms with Gasteiger partial charge in [-0.1, -0.05) is 32.0 Å². The number of benzene rings is 1. The number of anilines is 4. The van der Waals surface area contributed by atoms with Gasteiger partial charge in [0.1, 0.15) is 12.0 Å². The third-order valence-electron chi connectivity index (χ3n) is 3.30. The molecule has 0 atom stereocenters. The van der Waals surface area contributed by atoms with Crippen molar-refractivity contribution in [1.82, 2.24) is 9.97 Å².